The predicted octanol–water partition coefficient (Wildman–Crippen LogP) is -0.725. The maximum absolute atomic E-state index is 8.21. The molecule has 5 heteroatoms. The molecule has 0 amide bonds. The molecule has 0 saturated carbocycles. The smallest absolute Gasteiger partial charge is 0.182 e. The third-order valence-electron chi connectivity index (χ3n) is 0.682. The minimum atomic E-state index is -0.288. The Morgan fingerprint density at radius 3 is 2.10 bits per heavy atom. The second kappa shape index (κ2) is 3.77. The summed E-state index contributed by atoms with van der Waals surface area (Å²) in [5.74, 6) is 0. The zero-order chi connectivity index (χ0) is 7.98. The standard InChI is InChI=1S/C5H3N5/c6-1-4(9)5(2-7)10-3-8/h10H,9H2/b5-4+. The van der Waals surface area contributed by atoms with Gasteiger partial charge in [-0.3, -0.25) is 5.32 Å². The minimum absolute atomic E-state index is 0.218. The largest absolute Gasteiger partial charge is 0.388 e. The Bertz CT molecular complexity index is 268. The van der Waals surface area contributed by atoms with Crippen LogP contribution in [0.5, 0.6) is 0 Å². The van der Waals surface area contributed by atoms with Crippen LogP contribution in [-0.2, 0) is 0 Å². The van der Waals surface area contributed by atoms with E-state index in [4.69, 9.17) is 21.5 Å². The van der Waals surface area contributed by atoms with Crippen LogP contribution in [0.25, 0.3) is 0 Å². The van der Waals surface area contributed by atoms with Gasteiger partial charge in [0, 0.05) is 0 Å². The Labute approximate surface area is 57.6 Å². The predicted molar refractivity (Wildman–Crippen MR) is 31.2 cm³/mol. The molecule has 0 aromatic carbocycles. The highest BCUT2D eigenvalue weighted by atomic mass is 14.9. The molecular formula is C5H3N5. The van der Waals surface area contributed by atoms with E-state index in [0.29, 0.717) is 0 Å². The Morgan fingerprint density at radius 1 is 1.20 bits per heavy atom. The van der Waals surface area contributed by atoms with Crippen molar-refractivity contribution in [1.29, 1.82) is 15.8 Å². The molecule has 0 fully saturated rings. The van der Waals surface area contributed by atoms with Gasteiger partial charge in [0.1, 0.15) is 17.8 Å². The SMILES string of the molecule is N#CN/C(C#N)=C(/N)C#N. The number of nitriles is 3. The third-order valence-corrected chi connectivity index (χ3v) is 0.682. The maximum atomic E-state index is 8.21. The molecule has 48 valence electrons. The lowest BCUT2D eigenvalue weighted by atomic mass is 10.4. The van der Waals surface area contributed by atoms with Crippen molar-refractivity contribution in [3.05, 3.63) is 11.4 Å². The van der Waals surface area contributed by atoms with E-state index in [-0.39, 0.29) is 11.4 Å². The van der Waals surface area contributed by atoms with Crippen LogP contribution in [0.3, 0.4) is 0 Å². The third kappa shape index (κ3) is 1.73. The van der Waals surface area contributed by atoms with Crippen LogP contribution in [0.1, 0.15) is 0 Å². The van der Waals surface area contributed by atoms with E-state index in [2.05, 4.69) is 0 Å². The highest BCUT2D eigenvalue weighted by Crippen LogP contribution is 1.88. The van der Waals surface area contributed by atoms with Crippen molar-refractivity contribution >= 4 is 0 Å². The number of allylic oxidation sites excluding steroid dienone is 2. The zero-order valence-corrected chi connectivity index (χ0v) is 4.92. The van der Waals surface area contributed by atoms with Crippen LogP contribution in [0.15, 0.2) is 11.4 Å². The normalized spacial score (nSPS) is 9.70. The first-order chi connectivity index (χ1) is 4.76. The molecule has 0 aliphatic heterocycles. The fourth-order valence-corrected chi connectivity index (χ4v) is 0.267. The topological polar surface area (TPSA) is 109 Å². The van der Waals surface area contributed by atoms with E-state index in [1.807, 2.05) is 5.32 Å². The second-order valence-electron chi connectivity index (χ2n) is 1.25. The highest BCUT2D eigenvalue weighted by Gasteiger charge is 1.98. The van der Waals surface area contributed by atoms with E-state index in [0.717, 1.165) is 0 Å². The number of nitrogens with two attached hydrogens (primary N) is 1. The molecule has 3 N–H and O–H groups in total. The monoisotopic (exact) mass is 133 g/mol. The van der Waals surface area contributed by atoms with Gasteiger partial charge in [0.25, 0.3) is 0 Å². The fraction of sp³-hybridized carbons (Fsp3) is 0. The van der Waals surface area contributed by atoms with Crippen LogP contribution >= 0.6 is 0 Å². The summed E-state index contributed by atoms with van der Waals surface area (Å²) in [5, 5.41) is 26.3. The van der Waals surface area contributed by atoms with E-state index < -0.39 is 0 Å². The molecule has 0 radical (unpaired) electrons. The van der Waals surface area contributed by atoms with Gasteiger partial charge in [0.05, 0.1) is 0 Å². The average molecular weight is 133 g/mol. The molecule has 0 bridgehead atoms. The first kappa shape index (κ1) is 7.81. The molecule has 0 spiro atoms. The van der Waals surface area contributed by atoms with Crippen molar-refractivity contribution in [1.82, 2.24) is 5.32 Å². The molecule has 0 aromatic heterocycles. The Balaban J connectivity index is 4.59. The lowest BCUT2D eigenvalue weighted by Crippen LogP contribution is -2.10. The van der Waals surface area contributed by atoms with E-state index >= 15 is 0 Å². The van der Waals surface area contributed by atoms with Gasteiger partial charge >= 0.3 is 0 Å². The lowest BCUT2D eigenvalue weighted by molar-refractivity contribution is 1.09. The first-order valence-corrected chi connectivity index (χ1v) is 2.21. The van der Waals surface area contributed by atoms with E-state index in [9.17, 15) is 0 Å². The summed E-state index contributed by atoms with van der Waals surface area (Å²) in [4.78, 5) is 0. The van der Waals surface area contributed by atoms with Crippen LogP contribution in [0.2, 0.25) is 0 Å². The van der Waals surface area contributed by atoms with Gasteiger partial charge in [-0.2, -0.15) is 15.8 Å². The molecule has 0 aliphatic rings. The molecule has 0 unspecified atom stereocenters. The molecule has 0 aromatic rings. The van der Waals surface area contributed by atoms with Gasteiger partial charge in [-0.25, -0.2) is 0 Å². The summed E-state index contributed by atoms with van der Waals surface area (Å²) in [6.07, 6.45) is 1.47. The van der Waals surface area contributed by atoms with Crippen molar-refractivity contribution in [3.8, 4) is 18.3 Å². The van der Waals surface area contributed by atoms with Crippen molar-refractivity contribution in [2.45, 2.75) is 0 Å². The number of hydrogen-bond acceptors (Lipinski definition) is 5. The number of hydrogen-bond donors (Lipinski definition) is 2. The molecule has 5 nitrogen and oxygen atoms in total. The summed E-state index contributed by atoms with van der Waals surface area (Å²) in [6.45, 7) is 0. The zero-order valence-electron chi connectivity index (χ0n) is 4.92. The van der Waals surface area contributed by atoms with Crippen LogP contribution in [0, 0.1) is 34.1 Å². The second-order valence-corrected chi connectivity index (χ2v) is 1.25. The van der Waals surface area contributed by atoms with Crippen molar-refractivity contribution in [2.24, 2.45) is 5.73 Å². The highest BCUT2D eigenvalue weighted by molar-refractivity contribution is 5.33. The van der Waals surface area contributed by atoms with Crippen LogP contribution in [0.4, 0.5) is 0 Å². The number of nitrogens with zero attached hydrogens (tertiary/aromatic N) is 3. The molecule has 0 heterocycles. The lowest BCUT2D eigenvalue weighted by Gasteiger charge is -1.90. The van der Waals surface area contributed by atoms with E-state index in [1.54, 1.807) is 6.07 Å². The molecule has 0 atom stereocenters. The van der Waals surface area contributed by atoms with Gasteiger partial charge in [-0.1, -0.05) is 0 Å². The Hall–Kier alpha value is -2.19. The quantitative estimate of drug-likeness (QED) is 0.278. The molecule has 0 rings (SSSR count). The van der Waals surface area contributed by atoms with Crippen molar-refractivity contribution in [3.63, 3.8) is 0 Å². The summed E-state index contributed by atoms with van der Waals surface area (Å²) >= 11 is 0. The Kier molecular flexibility index (Phi) is 2.94. The Morgan fingerprint density at radius 2 is 1.80 bits per heavy atom. The van der Waals surface area contributed by atoms with Gasteiger partial charge < -0.3 is 5.73 Å². The summed E-state index contributed by atoms with van der Waals surface area (Å²) in [7, 11) is 0. The van der Waals surface area contributed by atoms with Crippen LogP contribution < -0.4 is 11.1 Å². The molecular weight excluding hydrogens is 130 g/mol. The summed E-state index contributed by atoms with van der Waals surface area (Å²) in [6, 6.07) is 3.07. The van der Waals surface area contributed by atoms with Crippen molar-refractivity contribution < 1.29 is 0 Å². The maximum Gasteiger partial charge on any atom is 0.182 e. The van der Waals surface area contributed by atoms with Gasteiger partial charge in [-0.05, 0) is 0 Å². The average Bonchev–Trinajstić information content (AvgIpc) is 1.99. The van der Waals surface area contributed by atoms with E-state index in [1.165, 1.54) is 12.3 Å². The molecule has 10 heavy (non-hydrogen) atoms. The van der Waals surface area contributed by atoms with Crippen molar-refractivity contribution in [2.75, 3.05) is 0 Å². The molecule has 0 saturated heterocycles. The van der Waals surface area contributed by atoms with Gasteiger partial charge in [-0.15, -0.1) is 0 Å². The van der Waals surface area contributed by atoms with Gasteiger partial charge in [0.15, 0.2) is 11.9 Å². The summed E-state index contributed by atoms with van der Waals surface area (Å²) < 4.78 is 0. The van der Waals surface area contributed by atoms with Crippen LogP contribution in [-0.4, -0.2) is 0 Å². The first-order valence-electron chi connectivity index (χ1n) is 2.21. The number of nitrogens with one attached hydrogen (secondary N) is 1. The summed E-state index contributed by atoms with van der Waals surface area (Å²) in [5.41, 5.74) is 4.49. The van der Waals surface area contributed by atoms with Gasteiger partial charge in [0.2, 0.25) is 0 Å². The minimum Gasteiger partial charge on any atom is -0.388 e. The fourth-order valence-electron chi connectivity index (χ4n) is 0.267. The number of rotatable bonds is 1. The molecule has 0 aliphatic carbocycles.